The average Bonchev–Trinajstić information content (AvgIpc) is 2.47. The highest BCUT2D eigenvalue weighted by atomic mass is 32.2. The number of benzene rings is 1. The second-order valence-corrected chi connectivity index (χ2v) is 6.30. The summed E-state index contributed by atoms with van der Waals surface area (Å²) >= 11 is 0. The number of rotatable bonds is 4. The van der Waals surface area contributed by atoms with E-state index in [0.717, 1.165) is 5.56 Å². The molecule has 3 N–H and O–H groups in total. The highest BCUT2D eigenvalue weighted by Crippen LogP contribution is 2.08. The Hall–Kier alpha value is -2.45. The molecule has 0 saturated heterocycles. The molecule has 1 amide bonds. The summed E-state index contributed by atoms with van der Waals surface area (Å²) in [5.41, 5.74) is 0.893. The van der Waals surface area contributed by atoms with Crippen molar-refractivity contribution in [2.75, 3.05) is 0 Å². The van der Waals surface area contributed by atoms with Gasteiger partial charge in [-0.2, -0.15) is 0 Å². The van der Waals surface area contributed by atoms with Crippen LogP contribution < -0.4 is 16.0 Å². The van der Waals surface area contributed by atoms with Crippen molar-refractivity contribution in [1.29, 1.82) is 0 Å². The highest BCUT2D eigenvalue weighted by molar-refractivity contribution is 7.89. The Labute approximate surface area is 127 Å². The lowest BCUT2D eigenvalue weighted by atomic mass is 10.2. The molecule has 22 heavy (non-hydrogen) atoms. The molecule has 116 valence electrons. The fraction of sp³-hybridized carbons (Fsp3) is 0.143. The zero-order valence-electron chi connectivity index (χ0n) is 11.8. The maximum absolute atomic E-state index is 12.0. The van der Waals surface area contributed by atoms with Crippen molar-refractivity contribution in [3.63, 3.8) is 0 Å². The zero-order valence-corrected chi connectivity index (χ0v) is 12.6. The SMILES string of the molecule is Cn1cc(C(=O)NCc2ccc(S(N)(=O)=O)cc2)ccc1=O. The zero-order chi connectivity index (χ0) is 16.3. The van der Waals surface area contributed by atoms with Crippen LogP contribution in [0.2, 0.25) is 0 Å². The van der Waals surface area contributed by atoms with Gasteiger partial charge in [0.1, 0.15) is 0 Å². The Kier molecular flexibility index (Phi) is 4.43. The smallest absolute Gasteiger partial charge is 0.253 e. The van der Waals surface area contributed by atoms with Crippen LogP contribution in [0.4, 0.5) is 0 Å². The largest absolute Gasteiger partial charge is 0.348 e. The third-order valence-electron chi connectivity index (χ3n) is 3.05. The standard InChI is InChI=1S/C14H15N3O4S/c1-17-9-11(4-7-13(17)18)14(19)16-8-10-2-5-12(6-3-10)22(15,20)21/h2-7,9H,8H2,1H3,(H,16,19)(H2,15,20,21). The van der Waals surface area contributed by atoms with Crippen LogP contribution in [0.5, 0.6) is 0 Å². The Balaban J connectivity index is 2.05. The van der Waals surface area contributed by atoms with Crippen molar-refractivity contribution in [3.8, 4) is 0 Å². The number of carbonyl (C=O) groups is 1. The molecular formula is C14H15N3O4S. The first-order chi connectivity index (χ1) is 10.3. The summed E-state index contributed by atoms with van der Waals surface area (Å²) < 4.78 is 23.6. The van der Waals surface area contributed by atoms with Gasteiger partial charge in [-0.05, 0) is 23.8 Å². The summed E-state index contributed by atoms with van der Waals surface area (Å²) in [6, 6.07) is 8.66. The fourth-order valence-corrected chi connectivity index (χ4v) is 2.33. The van der Waals surface area contributed by atoms with E-state index >= 15 is 0 Å². The predicted molar refractivity (Wildman–Crippen MR) is 80.7 cm³/mol. The third kappa shape index (κ3) is 3.80. The summed E-state index contributed by atoms with van der Waals surface area (Å²) in [4.78, 5) is 23.2. The Morgan fingerprint density at radius 2 is 1.82 bits per heavy atom. The maximum Gasteiger partial charge on any atom is 0.253 e. The lowest BCUT2D eigenvalue weighted by molar-refractivity contribution is 0.0950. The van der Waals surface area contributed by atoms with E-state index in [4.69, 9.17) is 5.14 Å². The van der Waals surface area contributed by atoms with Gasteiger partial charge in [-0.3, -0.25) is 9.59 Å². The molecule has 0 aliphatic rings. The summed E-state index contributed by atoms with van der Waals surface area (Å²) in [6.45, 7) is 0.229. The van der Waals surface area contributed by atoms with E-state index in [1.165, 1.54) is 35.0 Å². The second-order valence-electron chi connectivity index (χ2n) is 4.74. The molecule has 7 nitrogen and oxygen atoms in total. The number of nitrogens with zero attached hydrogens (tertiary/aromatic N) is 1. The minimum Gasteiger partial charge on any atom is -0.348 e. The van der Waals surface area contributed by atoms with Gasteiger partial charge in [0.05, 0.1) is 10.5 Å². The molecule has 2 rings (SSSR count). The fourth-order valence-electron chi connectivity index (χ4n) is 1.81. The number of primary sulfonamides is 1. The molecule has 1 aromatic heterocycles. The van der Waals surface area contributed by atoms with E-state index < -0.39 is 10.0 Å². The maximum atomic E-state index is 12.0. The van der Waals surface area contributed by atoms with Gasteiger partial charge < -0.3 is 9.88 Å². The Morgan fingerprint density at radius 1 is 1.18 bits per heavy atom. The average molecular weight is 321 g/mol. The van der Waals surface area contributed by atoms with E-state index in [0.29, 0.717) is 5.56 Å². The number of aromatic nitrogens is 1. The molecule has 0 atom stereocenters. The number of aryl methyl sites for hydroxylation is 1. The number of carbonyl (C=O) groups excluding carboxylic acids is 1. The summed E-state index contributed by atoms with van der Waals surface area (Å²) in [5, 5.41) is 7.69. The molecule has 8 heteroatoms. The van der Waals surface area contributed by atoms with Gasteiger partial charge in [-0.15, -0.1) is 0 Å². The molecule has 0 spiro atoms. The number of hydrogen-bond donors (Lipinski definition) is 2. The van der Waals surface area contributed by atoms with E-state index in [-0.39, 0.29) is 22.9 Å². The monoisotopic (exact) mass is 321 g/mol. The minimum atomic E-state index is -3.72. The van der Waals surface area contributed by atoms with E-state index in [2.05, 4.69) is 5.32 Å². The van der Waals surface area contributed by atoms with Gasteiger partial charge in [0.15, 0.2) is 0 Å². The second kappa shape index (κ2) is 6.12. The predicted octanol–water partition coefficient (Wildman–Crippen LogP) is -0.0373. The van der Waals surface area contributed by atoms with Crippen molar-refractivity contribution in [2.24, 2.45) is 12.2 Å². The van der Waals surface area contributed by atoms with E-state index in [9.17, 15) is 18.0 Å². The number of nitrogens with two attached hydrogens (primary N) is 1. The topological polar surface area (TPSA) is 111 Å². The van der Waals surface area contributed by atoms with Crippen molar-refractivity contribution in [3.05, 3.63) is 64.1 Å². The highest BCUT2D eigenvalue weighted by Gasteiger charge is 2.08. The molecule has 2 aromatic rings. The van der Waals surface area contributed by atoms with Crippen molar-refractivity contribution >= 4 is 15.9 Å². The number of hydrogen-bond acceptors (Lipinski definition) is 4. The van der Waals surface area contributed by atoms with Crippen LogP contribution in [-0.4, -0.2) is 18.9 Å². The summed E-state index contributed by atoms with van der Waals surface area (Å²) in [5.74, 6) is -0.328. The number of nitrogens with one attached hydrogen (secondary N) is 1. The quantitative estimate of drug-likeness (QED) is 0.823. The molecular weight excluding hydrogens is 306 g/mol. The van der Waals surface area contributed by atoms with Gasteiger partial charge in [-0.1, -0.05) is 12.1 Å². The Bertz CT molecular complexity index is 854. The first kappa shape index (κ1) is 15.9. The van der Waals surface area contributed by atoms with Crippen LogP contribution in [0.25, 0.3) is 0 Å². The molecule has 0 fully saturated rings. The normalized spacial score (nSPS) is 11.2. The van der Waals surface area contributed by atoms with Crippen LogP contribution in [0, 0.1) is 0 Å². The number of amides is 1. The molecule has 0 unspecified atom stereocenters. The molecule has 0 aliphatic heterocycles. The van der Waals surface area contributed by atoms with Gasteiger partial charge >= 0.3 is 0 Å². The summed E-state index contributed by atoms with van der Waals surface area (Å²) in [7, 11) is -2.16. The van der Waals surface area contributed by atoms with Gasteiger partial charge in [-0.25, -0.2) is 13.6 Å². The van der Waals surface area contributed by atoms with Gasteiger partial charge in [0, 0.05) is 25.9 Å². The Morgan fingerprint density at radius 3 is 2.36 bits per heavy atom. The van der Waals surface area contributed by atoms with Crippen molar-refractivity contribution < 1.29 is 13.2 Å². The lowest BCUT2D eigenvalue weighted by Gasteiger charge is -2.07. The van der Waals surface area contributed by atoms with Crippen LogP contribution >= 0.6 is 0 Å². The van der Waals surface area contributed by atoms with Crippen LogP contribution in [0.1, 0.15) is 15.9 Å². The van der Waals surface area contributed by atoms with Crippen LogP contribution in [-0.2, 0) is 23.6 Å². The summed E-state index contributed by atoms with van der Waals surface area (Å²) in [6.07, 6.45) is 1.45. The van der Waals surface area contributed by atoms with Crippen LogP contribution in [0.3, 0.4) is 0 Å². The first-order valence-electron chi connectivity index (χ1n) is 6.34. The number of sulfonamides is 1. The lowest BCUT2D eigenvalue weighted by Crippen LogP contribution is -2.25. The molecule has 0 saturated carbocycles. The molecule has 1 aromatic carbocycles. The van der Waals surface area contributed by atoms with E-state index in [1.807, 2.05) is 0 Å². The van der Waals surface area contributed by atoms with Gasteiger partial charge in [0.2, 0.25) is 15.6 Å². The molecule has 1 heterocycles. The molecule has 0 bridgehead atoms. The number of pyridine rings is 1. The van der Waals surface area contributed by atoms with Gasteiger partial charge in [0.25, 0.3) is 5.91 Å². The molecule has 0 radical (unpaired) electrons. The van der Waals surface area contributed by atoms with Crippen LogP contribution in [0.15, 0.2) is 52.3 Å². The molecule has 0 aliphatic carbocycles. The minimum absolute atomic E-state index is 0.0145. The van der Waals surface area contributed by atoms with Crippen molar-refractivity contribution in [1.82, 2.24) is 9.88 Å². The van der Waals surface area contributed by atoms with E-state index in [1.54, 1.807) is 19.2 Å². The third-order valence-corrected chi connectivity index (χ3v) is 3.98. The van der Waals surface area contributed by atoms with Crippen molar-refractivity contribution in [2.45, 2.75) is 11.4 Å². The first-order valence-corrected chi connectivity index (χ1v) is 7.88.